The molecule has 0 aliphatic carbocycles. The molecule has 2 rings (SSSR count). The lowest BCUT2D eigenvalue weighted by Gasteiger charge is -2.15. The van der Waals surface area contributed by atoms with Crippen LogP contribution >= 0.6 is 0 Å². The molecule has 0 atom stereocenters. The summed E-state index contributed by atoms with van der Waals surface area (Å²) in [6.07, 6.45) is -0.149. The number of halogens is 1. The Morgan fingerprint density at radius 1 is 1.30 bits per heavy atom. The van der Waals surface area contributed by atoms with Crippen molar-refractivity contribution in [2.75, 3.05) is 6.54 Å². The average Bonchev–Trinajstić information content (AvgIpc) is 2.55. The standard InChI is InChI=1S/C14H15FN2O3/c1-14(2)12(19)17(13(20)16-14)8-10(18)7-9-5-3-4-6-11(9)15/h3-6H,7-8H2,1-2H3,(H,16,20). The highest BCUT2D eigenvalue weighted by atomic mass is 19.1. The number of hydrogen-bond acceptors (Lipinski definition) is 3. The van der Waals surface area contributed by atoms with Gasteiger partial charge in [-0.3, -0.25) is 14.5 Å². The van der Waals surface area contributed by atoms with E-state index in [0.717, 1.165) is 4.90 Å². The number of hydrogen-bond donors (Lipinski definition) is 1. The van der Waals surface area contributed by atoms with Crippen molar-refractivity contribution in [2.45, 2.75) is 25.8 Å². The molecule has 106 valence electrons. The van der Waals surface area contributed by atoms with Crippen molar-refractivity contribution in [2.24, 2.45) is 0 Å². The van der Waals surface area contributed by atoms with E-state index in [1.165, 1.54) is 18.2 Å². The second-order valence-electron chi connectivity index (χ2n) is 5.25. The molecular weight excluding hydrogens is 263 g/mol. The first kappa shape index (κ1) is 14.2. The van der Waals surface area contributed by atoms with Crippen LogP contribution < -0.4 is 5.32 Å². The summed E-state index contributed by atoms with van der Waals surface area (Å²) in [4.78, 5) is 36.3. The third-order valence-electron chi connectivity index (χ3n) is 3.12. The molecule has 1 saturated heterocycles. The molecule has 0 bridgehead atoms. The molecule has 0 spiro atoms. The third kappa shape index (κ3) is 2.68. The Morgan fingerprint density at radius 3 is 2.50 bits per heavy atom. The minimum absolute atomic E-state index is 0.149. The van der Waals surface area contributed by atoms with Crippen LogP contribution in [0.25, 0.3) is 0 Å². The van der Waals surface area contributed by atoms with Gasteiger partial charge in [0.2, 0.25) is 0 Å². The molecule has 1 aromatic carbocycles. The maximum Gasteiger partial charge on any atom is 0.325 e. The summed E-state index contributed by atoms with van der Waals surface area (Å²) in [6, 6.07) is 5.33. The maximum atomic E-state index is 13.4. The Kier molecular flexibility index (Phi) is 3.57. The van der Waals surface area contributed by atoms with Crippen molar-refractivity contribution in [3.63, 3.8) is 0 Å². The fourth-order valence-corrected chi connectivity index (χ4v) is 2.05. The second kappa shape index (κ2) is 5.03. The van der Waals surface area contributed by atoms with E-state index in [1.54, 1.807) is 19.9 Å². The highest BCUT2D eigenvalue weighted by Crippen LogP contribution is 2.17. The van der Waals surface area contributed by atoms with Crippen molar-refractivity contribution in [3.05, 3.63) is 35.6 Å². The van der Waals surface area contributed by atoms with Crippen molar-refractivity contribution in [1.29, 1.82) is 0 Å². The van der Waals surface area contributed by atoms with Gasteiger partial charge in [-0.1, -0.05) is 18.2 Å². The van der Waals surface area contributed by atoms with Gasteiger partial charge in [0, 0.05) is 6.42 Å². The van der Waals surface area contributed by atoms with Crippen molar-refractivity contribution >= 4 is 17.7 Å². The molecule has 3 amide bonds. The van der Waals surface area contributed by atoms with Gasteiger partial charge in [0.25, 0.3) is 5.91 Å². The molecule has 6 heteroatoms. The molecule has 1 N–H and O–H groups in total. The SMILES string of the molecule is CC1(C)NC(=O)N(CC(=O)Cc2ccccc2F)C1=O. The summed E-state index contributed by atoms with van der Waals surface area (Å²) in [5.74, 6) is -1.32. The first-order valence-corrected chi connectivity index (χ1v) is 6.20. The third-order valence-corrected chi connectivity index (χ3v) is 3.12. The molecular formula is C14H15FN2O3. The number of imide groups is 1. The van der Waals surface area contributed by atoms with E-state index in [9.17, 15) is 18.8 Å². The van der Waals surface area contributed by atoms with E-state index in [1.807, 2.05) is 0 Å². The number of Topliss-reactive ketones (excluding diaryl/α,β-unsaturated/α-hetero) is 1. The molecule has 1 heterocycles. The maximum absolute atomic E-state index is 13.4. The van der Waals surface area contributed by atoms with E-state index in [-0.39, 0.29) is 18.5 Å². The number of nitrogens with one attached hydrogen (secondary N) is 1. The van der Waals surface area contributed by atoms with Crippen LogP contribution in [0, 0.1) is 5.82 Å². The average molecular weight is 278 g/mol. The summed E-state index contributed by atoms with van der Waals surface area (Å²) in [5, 5.41) is 2.48. The number of rotatable bonds is 4. The normalized spacial score (nSPS) is 17.2. The molecule has 1 fully saturated rings. The minimum atomic E-state index is -1.00. The number of benzene rings is 1. The van der Waals surface area contributed by atoms with Gasteiger partial charge in [0.15, 0.2) is 5.78 Å². The van der Waals surface area contributed by atoms with Gasteiger partial charge < -0.3 is 5.32 Å². The van der Waals surface area contributed by atoms with Gasteiger partial charge in [-0.25, -0.2) is 9.18 Å². The molecule has 0 aromatic heterocycles. The number of nitrogens with zero attached hydrogens (tertiary/aromatic N) is 1. The Balaban J connectivity index is 2.04. The Morgan fingerprint density at radius 2 is 1.95 bits per heavy atom. The molecule has 0 radical (unpaired) electrons. The van der Waals surface area contributed by atoms with Crippen LogP contribution in [-0.2, 0) is 16.0 Å². The van der Waals surface area contributed by atoms with Crippen molar-refractivity contribution in [1.82, 2.24) is 10.2 Å². The van der Waals surface area contributed by atoms with E-state index in [2.05, 4.69) is 5.32 Å². The lowest BCUT2D eigenvalue weighted by atomic mass is 10.1. The number of carbonyl (C=O) groups excluding carboxylic acids is 3. The quantitative estimate of drug-likeness (QED) is 0.843. The van der Waals surface area contributed by atoms with Crippen LogP contribution in [0.2, 0.25) is 0 Å². The topological polar surface area (TPSA) is 66.5 Å². The molecule has 5 nitrogen and oxygen atoms in total. The van der Waals surface area contributed by atoms with Crippen LogP contribution in [-0.4, -0.2) is 34.7 Å². The molecule has 20 heavy (non-hydrogen) atoms. The van der Waals surface area contributed by atoms with Gasteiger partial charge in [0.1, 0.15) is 11.4 Å². The first-order valence-electron chi connectivity index (χ1n) is 6.20. The highest BCUT2D eigenvalue weighted by Gasteiger charge is 2.44. The fraction of sp³-hybridized carbons (Fsp3) is 0.357. The first-order chi connectivity index (χ1) is 9.31. The zero-order valence-electron chi connectivity index (χ0n) is 11.3. The summed E-state index contributed by atoms with van der Waals surface area (Å²) >= 11 is 0. The smallest absolute Gasteiger partial charge is 0.324 e. The zero-order valence-corrected chi connectivity index (χ0v) is 11.3. The lowest BCUT2D eigenvalue weighted by Crippen LogP contribution is -2.41. The fourth-order valence-electron chi connectivity index (χ4n) is 2.05. The van der Waals surface area contributed by atoms with Crippen LogP contribution in [0.1, 0.15) is 19.4 Å². The van der Waals surface area contributed by atoms with E-state index >= 15 is 0 Å². The van der Waals surface area contributed by atoms with Crippen molar-refractivity contribution in [3.8, 4) is 0 Å². The van der Waals surface area contributed by atoms with Gasteiger partial charge in [-0.15, -0.1) is 0 Å². The van der Waals surface area contributed by atoms with Gasteiger partial charge >= 0.3 is 6.03 Å². The molecule has 0 unspecified atom stereocenters. The summed E-state index contributed by atoms with van der Waals surface area (Å²) < 4.78 is 13.4. The monoisotopic (exact) mass is 278 g/mol. The largest absolute Gasteiger partial charge is 0.325 e. The zero-order chi connectivity index (χ0) is 14.9. The van der Waals surface area contributed by atoms with Crippen LogP contribution in [0.5, 0.6) is 0 Å². The lowest BCUT2D eigenvalue weighted by molar-refractivity contribution is -0.133. The minimum Gasteiger partial charge on any atom is -0.324 e. The van der Waals surface area contributed by atoms with Gasteiger partial charge in [0.05, 0.1) is 6.54 Å². The highest BCUT2D eigenvalue weighted by molar-refractivity contribution is 6.08. The van der Waals surface area contributed by atoms with Crippen LogP contribution in [0.15, 0.2) is 24.3 Å². The van der Waals surface area contributed by atoms with E-state index in [4.69, 9.17) is 0 Å². The van der Waals surface area contributed by atoms with Gasteiger partial charge in [-0.05, 0) is 25.5 Å². The Bertz CT molecular complexity index is 584. The molecule has 1 aromatic rings. The summed E-state index contributed by atoms with van der Waals surface area (Å²) in [7, 11) is 0. The van der Waals surface area contributed by atoms with Gasteiger partial charge in [-0.2, -0.15) is 0 Å². The molecule has 0 saturated carbocycles. The molecule has 1 aliphatic heterocycles. The number of amides is 3. The Labute approximate surface area is 115 Å². The second-order valence-corrected chi connectivity index (χ2v) is 5.25. The number of urea groups is 1. The Hall–Kier alpha value is -2.24. The predicted molar refractivity (Wildman–Crippen MR) is 69.4 cm³/mol. The summed E-state index contributed by atoms with van der Waals surface area (Å²) in [6.45, 7) is 2.78. The predicted octanol–water partition coefficient (Wildman–Crippen LogP) is 1.27. The van der Waals surface area contributed by atoms with E-state index in [0.29, 0.717) is 0 Å². The molecule has 1 aliphatic rings. The van der Waals surface area contributed by atoms with Crippen LogP contribution in [0.4, 0.5) is 9.18 Å². The van der Waals surface area contributed by atoms with Crippen LogP contribution in [0.3, 0.4) is 0 Å². The summed E-state index contributed by atoms with van der Waals surface area (Å²) in [5.41, 5.74) is -0.751. The number of carbonyl (C=O) groups is 3. The van der Waals surface area contributed by atoms with Crippen molar-refractivity contribution < 1.29 is 18.8 Å². The van der Waals surface area contributed by atoms with E-state index < -0.39 is 29.1 Å². The number of ketones is 1.